The molecule has 0 unspecified atom stereocenters. The molecule has 0 atom stereocenters. The fourth-order valence-electron chi connectivity index (χ4n) is 3.07. The van der Waals surface area contributed by atoms with Crippen LogP contribution in [0.4, 0.5) is 5.69 Å². The molecule has 30 heavy (non-hydrogen) atoms. The molecule has 148 valence electrons. The van der Waals surface area contributed by atoms with Gasteiger partial charge >= 0.3 is 5.97 Å². The Labute approximate surface area is 176 Å². The molecule has 6 nitrogen and oxygen atoms in total. The molecule has 0 radical (unpaired) electrons. The predicted molar refractivity (Wildman–Crippen MR) is 115 cm³/mol. The number of non-ortho nitro benzene ring substituents is 1. The van der Waals surface area contributed by atoms with Crippen molar-refractivity contribution in [2.45, 2.75) is 6.92 Å². The van der Waals surface area contributed by atoms with E-state index in [1.807, 2.05) is 37.3 Å². The van der Waals surface area contributed by atoms with Crippen molar-refractivity contribution < 1.29 is 14.5 Å². The zero-order chi connectivity index (χ0) is 21.3. The number of carbonyl (C=O) groups excluding carboxylic acids is 1. The van der Waals surface area contributed by atoms with Gasteiger partial charge < -0.3 is 4.74 Å². The van der Waals surface area contributed by atoms with Gasteiger partial charge in [-0.3, -0.25) is 10.1 Å². The maximum Gasteiger partial charge on any atom is 0.344 e. The molecule has 0 aliphatic heterocycles. The summed E-state index contributed by atoms with van der Waals surface area (Å²) in [6.45, 7) is 1.93. The van der Waals surface area contributed by atoms with E-state index in [0.717, 1.165) is 11.1 Å². The monoisotopic (exact) mass is 418 g/mol. The lowest BCUT2D eigenvalue weighted by Gasteiger charge is -2.11. The normalized spacial score (nSPS) is 10.7. The average Bonchev–Trinajstić information content (AvgIpc) is 2.74. The minimum atomic E-state index is -0.572. The van der Waals surface area contributed by atoms with Gasteiger partial charge in [-0.1, -0.05) is 35.4 Å². The van der Waals surface area contributed by atoms with Gasteiger partial charge in [0.05, 0.1) is 21.7 Å². The van der Waals surface area contributed by atoms with Gasteiger partial charge in [0.1, 0.15) is 5.75 Å². The summed E-state index contributed by atoms with van der Waals surface area (Å²) in [5.74, 6) is -0.353. The molecular formula is C23H15ClN2O4. The van der Waals surface area contributed by atoms with Gasteiger partial charge in [0, 0.05) is 28.1 Å². The topological polar surface area (TPSA) is 82.3 Å². The number of halogens is 1. The summed E-state index contributed by atoms with van der Waals surface area (Å²) in [5, 5.41) is 12.1. The van der Waals surface area contributed by atoms with Gasteiger partial charge in [-0.15, -0.1) is 0 Å². The molecule has 3 aromatic carbocycles. The van der Waals surface area contributed by atoms with E-state index in [1.54, 1.807) is 18.2 Å². The number of nitro groups is 1. The lowest BCUT2D eigenvalue weighted by molar-refractivity contribution is -0.384. The third-order valence-corrected chi connectivity index (χ3v) is 4.83. The third-order valence-electron chi connectivity index (χ3n) is 4.58. The Hall–Kier alpha value is -3.77. The number of nitro benzene ring substituents is 1. The number of pyridine rings is 1. The maximum atomic E-state index is 13.0. The van der Waals surface area contributed by atoms with E-state index in [1.165, 1.54) is 24.3 Å². The number of rotatable bonds is 4. The zero-order valence-electron chi connectivity index (χ0n) is 15.8. The van der Waals surface area contributed by atoms with Crippen LogP contribution in [-0.2, 0) is 0 Å². The van der Waals surface area contributed by atoms with Gasteiger partial charge in [0.2, 0.25) is 0 Å². The van der Waals surface area contributed by atoms with Crippen LogP contribution < -0.4 is 4.74 Å². The van der Waals surface area contributed by atoms with Crippen LogP contribution in [0.3, 0.4) is 0 Å². The number of nitrogens with zero attached hydrogens (tertiary/aromatic N) is 2. The van der Waals surface area contributed by atoms with E-state index >= 15 is 0 Å². The van der Waals surface area contributed by atoms with Crippen LogP contribution in [0.1, 0.15) is 15.9 Å². The SMILES string of the molecule is Cc1ccc2nc(-c3ccc(Cl)cc3)cc(C(=O)Oc3ccc([N+](=O)[O-])cc3)c2c1. The summed E-state index contributed by atoms with van der Waals surface area (Å²) in [4.78, 5) is 28.0. The van der Waals surface area contributed by atoms with Crippen molar-refractivity contribution in [3.05, 3.63) is 99.1 Å². The Kier molecular flexibility index (Phi) is 5.16. The number of ether oxygens (including phenoxy) is 1. The van der Waals surface area contributed by atoms with Crippen LogP contribution in [0.2, 0.25) is 5.02 Å². The Balaban J connectivity index is 1.77. The molecule has 4 aromatic rings. The molecule has 7 heteroatoms. The second-order valence-electron chi connectivity index (χ2n) is 6.72. The summed E-state index contributed by atoms with van der Waals surface area (Å²) in [6, 6.07) is 19.9. The summed E-state index contributed by atoms with van der Waals surface area (Å²) >= 11 is 5.98. The van der Waals surface area contributed by atoms with Crippen LogP contribution in [0.25, 0.3) is 22.2 Å². The van der Waals surface area contributed by atoms with Crippen LogP contribution in [-0.4, -0.2) is 15.9 Å². The van der Waals surface area contributed by atoms with Crippen molar-refractivity contribution in [3.8, 4) is 17.0 Å². The second-order valence-corrected chi connectivity index (χ2v) is 7.16. The summed E-state index contributed by atoms with van der Waals surface area (Å²) < 4.78 is 5.48. The van der Waals surface area contributed by atoms with Crippen LogP contribution in [0.15, 0.2) is 72.8 Å². The first-order valence-electron chi connectivity index (χ1n) is 9.05. The van der Waals surface area contributed by atoms with Crippen LogP contribution in [0.5, 0.6) is 5.75 Å². The highest BCUT2D eigenvalue weighted by atomic mass is 35.5. The van der Waals surface area contributed by atoms with Crippen molar-refractivity contribution in [2.75, 3.05) is 0 Å². The molecule has 0 aliphatic rings. The molecule has 0 amide bonds. The van der Waals surface area contributed by atoms with Gasteiger partial charge in [-0.05, 0) is 49.4 Å². The van der Waals surface area contributed by atoms with Crippen molar-refractivity contribution in [1.82, 2.24) is 4.98 Å². The molecule has 0 saturated carbocycles. The van der Waals surface area contributed by atoms with E-state index < -0.39 is 10.9 Å². The minimum absolute atomic E-state index is 0.0789. The van der Waals surface area contributed by atoms with Crippen LogP contribution in [0, 0.1) is 17.0 Å². The Morgan fingerprint density at radius 1 is 1.00 bits per heavy atom. The Morgan fingerprint density at radius 2 is 1.70 bits per heavy atom. The highest BCUT2D eigenvalue weighted by Gasteiger charge is 2.17. The first kappa shape index (κ1) is 19.5. The van der Waals surface area contributed by atoms with E-state index in [0.29, 0.717) is 27.2 Å². The largest absolute Gasteiger partial charge is 0.423 e. The Bertz CT molecular complexity index is 1270. The maximum absolute atomic E-state index is 13.0. The first-order valence-corrected chi connectivity index (χ1v) is 9.42. The number of esters is 1. The molecule has 0 saturated heterocycles. The predicted octanol–water partition coefficient (Wildman–Crippen LogP) is 5.99. The molecule has 0 bridgehead atoms. The first-order chi connectivity index (χ1) is 14.4. The number of hydrogen-bond acceptors (Lipinski definition) is 5. The second kappa shape index (κ2) is 7.93. The highest BCUT2D eigenvalue weighted by molar-refractivity contribution is 6.30. The smallest absolute Gasteiger partial charge is 0.344 e. The van der Waals surface area contributed by atoms with Gasteiger partial charge in [-0.25, -0.2) is 9.78 Å². The number of aromatic nitrogens is 1. The molecule has 1 heterocycles. The Morgan fingerprint density at radius 3 is 2.37 bits per heavy atom. The molecule has 0 N–H and O–H groups in total. The van der Waals surface area contributed by atoms with E-state index in [9.17, 15) is 14.9 Å². The molecule has 0 spiro atoms. The van der Waals surface area contributed by atoms with Crippen LogP contribution >= 0.6 is 11.6 Å². The number of carbonyl (C=O) groups is 1. The fourth-order valence-corrected chi connectivity index (χ4v) is 3.20. The molecule has 0 fully saturated rings. The molecular weight excluding hydrogens is 404 g/mol. The quantitative estimate of drug-likeness (QED) is 0.176. The number of benzene rings is 3. The van der Waals surface area contributed by atoms with E-state index in [2.05, 4.69) is 4.98 Å². The summed E-state index contributed by atoms with van der Waals surface area (Å²) in [5.41, 5.74) is 3.33. The summed E-state index contributed by atoms with van der Waals surface area (Å²) in [6.07, 6.45) is 0. The van der Waals surface area contributed by atoms with E-state index in [-0.39, 0.29) is 11.4 Å². The summed E-state index contributed by atoms with van der Waals surface area (Å²) in [7, 11) is 0. The van der Waals surface area contributed by atoms with Crippen molar-refractivity contribution >= 4 is 34.2 Å². The van der Waals surface area contributed by atoms with Crippen molar-refractivity contribution in [2.24, 2.45) is 0 Å². The van der Waals surface area contributed by atoms with Crippen molar-refractivity contribution in [1.29, 1.82) is 0 Å². The fraction of sp³-hybridized carbons (Fsp3) is 0.0435. The lowest BCUT2D eigenvalue weighted by Crippen LogP contribution is -2.10. The standard InChI is InChI=1S/C23H15ClN2O4/c1-14-2-11-21-19(12-14)20(13-22(25-21)15-3-5-16(24)6-4-15)23(27)30-18-9-7-17(8-10-18)26(28)29/h2-13H,1H3. The minimum Gasteiger partial charge on any atom is -0.423 e. The average molecular weight is 419 g/mol. The van der Waals surface area contributed by atoms with Gasteiger partial charge in [0.15, 0.2) is 0 Å². The lowest BCUT2D eigenvalue weighted by atomic mass is 10.0. The number of aryl methyl sites for hydroxylation is 1. The van der Waals surface area contributed by atoms with Gasteiger partial charge in [0.25, 0.3) is 5.69 Å². The molecule has 4 rings (SSSR count). The highest BCUT2D eigenvalue weighted by Crippen LogP contribution is 2.28. The number of hydrogen-bond donors (Lipinski definition) is 0. The molecule has 0 aliphatic carbocycles. The van der Waals surface area contributed by atoms with Crippen molar-refractivity contribution in [3.63, 3.8) is 0 Å². The van der Waals surface area contributed by atoms with E-state index in [4.69, 9.17) is 16.3 Å². The third kappa shape index (κ3) is 3.99. The van der Waals surface area contributed by atoms with Gasteiger partial charge in [-0.2, -0.15) is 0 Å². The zero-order valence-corrected chi connectivity index (χ0v) is 16.6. The molecule has 1 aromatic heterocycles. The number of fused-ring (bicyclic) bond motifs is 1.